The quantitative estimate of drug-likeness (QED) is 0.744. The Balaban J connectivity index is 2.32. The summed E-state index contributed by atoms with van der Waals surface area (Å²) in [7, 11) is 2.93. The molecule has 0 aromatic rings. The van der Waals surface area contributed by atoms with E-state index in [2.05, 4.69) is 5.32 Å². The van der Waals surface area contributed by atoms with Crippen molar-refractivity contribution in [1.29, 1.82) is 0 Å². The summed E-state index contributed by atoms with van der Waals surface area (Å²) in [6, 6.07) is 0.154. The van der Waals surface area contributed by atoms with Crippen molar-refractivity contribution in [3.05, 3.63) is 0 Å². The van der Waals surface area contributed by atoms with E-state index < -0.39 is 6.10 Å². The normalized spacial score (nSPS) is 26.1. The van der Waals surface area contributed by atoms with Gasteiger partial charge in [0.15, 0.2) is 0 Å². The Kier molecular flexibility index (Phi) is 5.41. The van der Waals surface area contributed by atoms with Crippen LogP contribution in [0.1, 0.15) is 32.6 Å². The first-order chi connectivity index (χ1) is 8.08. The number of carbonyl (C=O) groups is 2. The number of amides is 1. The summed E-state index contributed by atoms with van der Waals surface area (Å²) in [5.41, 5.74) is 0. The molecule has 0 heterocycles. The molecule has 0 bridgehead atoms. The minimum atomic E-state index is -0.423. The third kappa shape index (κ3) is 4.00. The number of nitrogens with one attached hydrogen (secondary N) is 1. The largest absolute Gasteiger partial charge is 0.469 e. The average Bonchev–Trinajstić information content (AvgIpc) is 2.37. The topological polar surface area (TPSA) is 64.6 Å². The van der Waals surface area contributed by atoms with Gasteiger partial charge < -0.3 is 14.8 Å². The monoisotopic (exact) mass is 243 g/mol. The molecule has 1 atom stereocenters. The lowest BCUT2D eigenvalue weighted by molar-refractivity contribution is -0.146. The summed E-state index contributed by atoms with van der Waals surface area (Å²) in [6.45, 7) is 1.72. The number of methoxy groups -OCH3 is 2. The maximum Gasteiger partial charge on any atom is 0.308 e. The van der Waals surface area contributed by atoms with Crippen molar-refractivity contribution in [2.24, 2.45) is 5.92 Å². The van der Waals surface area contributed by atoms with Gasteiger partial charge in [0.1, 0.15) is 6.10 Å². The van der Waals surface area contributed by atoms with E-state index in [0.717, 1.165) is 25.7 Å². The summed E-state index contributed by atoms with van der Waals surface area (Å²) in [4.78, 5) is 22.9. The van der Waals surface area contributed by atoms with Gasteiger partial charge in [-0.25, -0.2) is 0 Å². The second-order valence-corrected chi connectivity index (χ2v) is 4.46. The highest BCUT2D eigenvalue weighted by Crippen LogP contribution is 2.25. The van der Waals surface area contributed by atoms with Crippen LogP contribution in [0.5, 0.6) is 0 Å². The minimum Gasteiger partial charge on any atom is -0.469 e. The third-order valence-corrected chi connectivity index (χ3v) is 3.33. The van der Waals surface area contributed by atoms with E-state index in [1.807, 2.05) is 0 Å². The van der Waals surface area contributed by atoms with Gasteiger partial charge in [-0.15, -0.1) is 0 Å². The maximum atomic E-state index is 11.6. The van der Waals surface area contributed by atoms with E-state index in [0.29, 0.717) is 0 Å². The Morgan fingerprint density at radius 1 is 1.18 bits per heavy atom. The highest BCUT2D eigenvalue weighted by Gasteiger charge is 2.28. The molecular weight excluding hydrogens is 222 g/mol. The zero-order valence-corrected chi connectivity index (χ0v) is 10.7. The molecule has 17 heavy (non-hydrogen) atoms. The van der Waals surface area contributed by atoms with Gasteiger partial charge in [-0.1, -0.05) is 0 Å². The van der Waals surface area contributed by atoms with Crippen molar-refractivity contribution in [2.75, 3.05) is 14.2 Å². The van der Waals surface area contributed by atoms with Crippen LogP contribution >= 0.6 is 0 Å². The van der Waals surface area contributed by atoms with Crippen LogP contribution < -0.4 is 5.32 Å². The highest BCUT2D eigenvalue weighted by atomic mass is 16.5. The van der Waals surface area contributed by atoms with E-state index in [9.17, 15) is 9.59 Å². The molecule has 1 N–H and O–H groups in total. The van der Waals surface area contributed by atoms with Crippen LogP contribution in [0.4, 0.5) is 0 Å². The van der Waals surface area contributed by atoms with Gasteiger partial charge in [0, 0.05) is 13.2 Å². The summed E-state index contributed by atoms with van der Waals surface area (Å²) in [6.07, 6.45) is 2.77. The van der Waals surface area contributed by atoms with E-state index in [-0.39, 0.29) is 23.8 Å². The molecule has 1 rings (SSSR count). The number of hydrogen-bond donors (Lipinski definition) is 1. The molecule has 1 fully saturated rings. The fraction of sp³-hybridized carbons (Fsp3) is 0.833. The lowest BCUT2D eigenvalue weighted by Crippen LogP contribution is -2.43. The van der Waals surface area contributed by atoms with Crippen molar-refractivity contribution in [1.82, 2.24) is 5.32 Å². The molecule has 0 aromatic carbocycles. The molecule has 0 aromatic heterocycles. The molecule has 0 spiro atoms. The Bertz CT molecular complexity index is 272. The van der Waals surface area contributed by atoms with Gasteiger partial charge in [-0.05, 0) is 32.6 Å². The first-order valence-electron chi connectivity index (χ1n) is 5.99. The van der Waals surface area contributed by atoms with Crippen molar-refractivity contribution in [3.8, 4) is 0 Å². The maximum absolute atomic E-state index is 11.6. The van der Waals surface area contributed by atoms with Crippen LogP contribution in [-0.2, 0) is 19.1 Å². The van der Waals surface area contributed by atoms with Gasteiger partial charge >= 0.3 is 5.97 Å². The van der Waals surface area contributed by atoms with Crippen molar-refractivity contribution in [3.63, 3.8) is 0 Å². The third-order valence-electron chi connectivity index (χ3n) is 3.33. The van der Waals surface area contributed by atoms with Crippen LogP contribution in [-0.4, -0.2) is 38.2 Å². The van der Waals surface area contributed by atoms with E-state index >= 15 is 0 Å². The first kappa shape index (κ1) is 14.0. The molecule has 0 radical (unpaired) electrons. The molecule has 5 nitrogen and oxygen atoms in total. The van der Waals surface area contributed by atoms with Gasteiger partial charge in [-0.3, -0.25) is 9.59 Å². The number of esters is 1. The van der Waals surface area contributed by atoms with Crippen LogP contribution in [0, 0.1) is 5.92 Å². The van der Waals surface area contributed by atoms with Crippen molar-refractivity contribution >= 4 is 11.9 Å². The second-order valence-electron chi connectivity index (χ2n) is 4.46. The standard InChI is InChI=1S/C12H21NO4/c1-8(16-2)11(14)13-10-6-4-9(5-7-10)12(15)17-3/h8-10H,4-7H2,1-3H3,(H,13,14). The zero-order chi connectivity index (χ0) is 12.8. The summed E-state index contributed by atoms with van der Waals surface area (Å²) >= 11 is 0. The number of hydrogen-bond acceptors (Lipinski definition) is 4. The van der Waals surface area contributed by atoms with Crippen LogP contribution in [0.3, 0.4) is 0 Å². The molecule has 1 amide bonds. The molecule has 5 heteroatoms. The van der Waals surface area contributed by atoms with Gasteiger partial charge in [0.25, 0.3) is 0 Å². The van der Waals surface area contributed by atoms with E-state index in [1.165, 1.54) is 14.2 Å². The molecule has 1 saturated carbocycles. The highest BCUT2D eigenvalue weighted by molar-refractivity contribution is 5.80. The van der Waals surface area contributed by atoms with Gasteiger partial charge in [0.05, 0.1) is 13.0 Å². The van der Waals surface area contributed by atoms with Crippen LogP contribution in [0.15, 0.2) is 0 Å². The van der Waals surface area contributed by atoms with Crippen molar-refractivity contribution in [2.45, 2.75) is 44.8 Å². The fourth-order valence-electron chi connectivity index (χ4n) is 2.07. The lowest BCUT2D eigenvalue weighted by atomic mass is 9.86. The molecule has 1 unspecified atom stereocenters. The average molecular weight is 243 g/mol. The van der Waals surface area contributed by atoms with E-state index in [1.54, 1.807) is 6.92 Å². The summed E-state index contributed by atoms with van der Waals surface area (Å²) in [5, 5.41) is 2.93. The molecule has 98 valence electrons. The number of rotatable bonds is 4. The Morgan fingerprint density at radius 3 is 2.24 bits per heavy atom. The van der Waals surface area contributed by atoms with Crippen LogP contribution in [0.2, 0.25) is 0 Å². The fourth-order valence-corrected chi connectivity index (χ4v) is 2.07. The van der Waals surface area contributed by atoms with Gasteiger partial charge in [-0.2, -0.15) is 0 Å². The minimum absolute atomic E-state index is 0.00648. The van der Waals surface area contributed by atoms with Gasteiger partial charge in [0.2, 0.25) is 5.91 Å². The van der Waals surface area contributed by atoms with Crippen LogP contribution in [0.25, 0.3) is 0 Å². The zero-order valence-electron chi connectivity index (χ0n) is 10.7. The molecule has 0 aliphatic heterocycles. The molecule has 0 saturated heterocycles. The number of carbonyl (C=O) groups excluding carboxylic acids is 2. The molecular formula is C12H21NO4. The molecule has 1 aliphatic carbocycles. The SMILES string of the molecule is COC(=O)C1CCC(NC(=O)C(C)OC)CC1. The Morgan fingerprint density at radius 2 is 1.76 bits per heavy atom. The first-order valence-corrected chi connectivity index (χ1v) is 5.99. The van der Waals surface area contributed by atoms with E-state index in [4.69, 9.17) is 9.47 Å². The summed E-state index contributed by atoms with van der Waals surface area (Å²) < 4.78 is 9.66. The Labute approximate surface area is 102 Å². The predicted octanol–water partition coefficient (Wildman–Crippen LogP) is 0.869. The van der Waals surface area contributed by atoms with Crippen molar-refractivity contribution < 1.29 is 19.1 Å². The summed E-state index contributed by atoms with van der Waals surface area (Å²) in [5.74, 6) is -0.234. The lowest BCUT2D eigenvalue weighted by Gasteiger charge is -2.28. The Hall–Kier alpha value is -1.10. The number of ether oxygens (including phenoxy) is 2. The smallest absolute Gasteiger partial charge is 0.308 e. The molecule has 1 aliphatic rings. The predicted molar refractivity (Wildman–Crippen MR) is 62.4 cm³/mol. The second kappa shape index (κ2) is 6.59.